The number of anilines is 1. The van der Waals surface area contributed by atoms with E-state index in [1.165, 1.54) is 0 Å². The van der Waals surface area contributed by atoms with E-state index in [9.17, 15) is 0 Å². The van der Waals surface area contributed by atoms with Crippen molar-refractivity contribution in [2.45, 2.75) is 19.9 Å². The SMILES string of the molecule is COCCN(c1ccc(Br)cc1C(=N)N)C(C)C. The predicted molar refractivity (Wildman–Crippen MR) is 79.5 cm³/mol. The summed E-state index contributed by atoms with van der Waals surface area (Å²) in [5, 5.41) is 7.68. The third-order valence-corrected chi connectivity index (χ3v) is 3.21. The molecule has 0 aliphatic carbocycles. The number of hydrogen-bond donors (Lipinski definition) is 2. The van der Waals surface area contributed by atoms with E-state index in [-0.39, 0.29) is 5.84 Å². The average Bonchev–Trinajstić information content (AvgIpc) is 2.30. The van der Waals surface area contributed by atoms with Gasteiger partial charge in [0.15, 0.2) is 0 Å². The number of nitrogens with zero attached hydrogens (tertiary/aromatic N) is 1. The lowest BCUT2D eigenvalue weighted by atomic mass is 10.1. The van der Waals surface area contributed by atoms with Gasteiger partial charge in [-0.25, -0.2) is 0 Å². The summed E-state index contributed by atoms with van der Waals surface area (Å²) in [7, 11) is 1.69. The smallest absolute Gasteiger partial charge is 0.124 e. The van der Waals surface area contributed by atoms with E-state index in [2.05, 4.69) is 34.7 Å². The van der Waals surface area contributed by atoms with Crippen LogP contribution in [0.2, 0.25) is 0 Å². The number of nitrogens with two attached hydrogens (primary N) is 1. The zero-order valence-electron chi connectivity index (χ0n) is 11.0. The van der Waals surface area contributed by atoms with E-state index >= 15 is 0 Å². The molecule has 0 aliphatic rings. The fourth-order valence-corrected chi connectivity index (χ4v) is 2.18. The Morgan fingerprint density at radius 3 is 2.67 bits per heavy atom. The lowest BCUT2D eigenvalue weighted by Crippen LogP contribution is -2.35. The van der Waals surface area contributed by atoms with Crippen LogP contribution in [0.3, 0.4) is 0 Å². The van der Waals surface area contributed by atoms with Gasteiger partial charge in [-0.1, -0.05) is 15.9 Å². The molecule has 0 saturated carbocycles. The number of hydrogen-bond acceptors (Lipinski definition) is 3. The Morgan fingerprint density at radius 1 is 1.50 bits per heavy atom. The number of benzene rings is 1. The van der Waals surface area contributed by atoms with Gasteiger partial charge in [0.2, 0.25) is 0 Å². The number of rotatable bonds is 6. The standard InChI is InChI=1S/C13H20BrN3O/c1-9(2)17(6-7-18-3)12-5-4-10(14)8-11(12)13(15)16/h4-5,8-9H,6-7H2,1-3H3,(H3,15,16). The molecular formula is C13H20BrN3O. The molecule has 1 rings (SSSR count). The summed E-state index contributed by atoms with van der Waals surface area (Å²) in [6.45, 7) is 5.64. The predicted octanol–water partition coefficient (Wildman–Crippen LogP) is 2.59. The molecule has 0 fully saturated rings. The van der Waals surface area contributed by atoms with E-state index in [0.717, 1.165) is 22.3 Å². The van der Waals surface area contributed by atoms with Crippen molar-refractivity contribution in [3.63, 3.8) is 0 Å². The first-order valence-corrected chi connectivity index (χ1v) is 6.66. The average molecular weight is 314 g/mol. The molecule has 0 aromatic heterocycles. The summed E-state index contributed by atoms with van der Waals surface area (Å²) in [4.78, 5) is 2.19. The van der Waals surface area contributed by atoms with E-state index in [1.54, 1.807) is 7.11 Å². The van der Waals surface area contributed by atoms with Gasteiger partial charge in [-0.3, -0.25) is 5.41 Å². The Bertz CT molecular complexity index is 421. The zero-order valence-corrected chi connectivity index (χ0v) is 12.6. The normalized spacial score (nSPS) is 10.7. The van der Waals surface area contributed by atoms with Crippen molar-refractivity contribution < 1.29 is 4.74 Å². The van der Waals surface area contributed by atoms with Crippen molar-refractivity contribution in [2.75, 3.05) is 25.2 Å². The first kappa shape index (κ1) is 15.0. The molecule has 0 unspecified atom stereocenters. The lowest BCUT2D eigenvalue weighted by molar-refractivity contribution is 0.204. The van der Waals surface area contributed by atoms with Gasteiger partial charge in [-0.2, -0.15) is 0 Å². The first-order valence-electron chi connectivity index (χ1n) is 5.87. The summed E-state index contributed by atoms with van der Waals surface area (Å²) in [6, 6.07) is 6.14. The summed E-state index contributed by atoms with van der Waals surface area (Å²) < 4.78 is 6.06. The van der Waals surface area contributed by atoms with Crippen LogP contribution < -0.4 is 10.6 Å². The van der Waals surface area contributed by atoms with Crippen molar-refractivity contribution in [2.24, 2.45) is 5.73 Å². The van der Waals surface area contributed by atoms with Crippen molar-refractivity contribution in [3.05, 3.63) is 28.2 Å². The Kier molecular flexibility index (Phi) is 5.62. The minimum atomic E-state index is 0.0781. The van der Waals surface area contributed by atoms with Crippen LogP contribution in [0.5, 0.6) is 0 Å². The maximum absolute atomic E-state index is 7.68. The van der Waals surface area contributed by atoms with Gasteiger partial charge < -0.3 is 15.4 Å². The zero-order chi connectivity index (χ0) is 13.7. The number of nitrogens with one attached hydrogen (secondary N) is 1. The maximum Gasteiger partial charge on any atom is 0.124 e. The summed E-state index contributed by atoms with van der Waals surface area (Å²) in [6.07, 6.45) is 0. The molecule has 18 heavy (non-hydrogen) atoms. The lowest BCUT2D eigenvalue weighted by Gasteiger charge is -2.30. The number of methoxy groups -OCH3 is 1. The van der Waals surface area contributed by atoms with E-state index in [4.69, 9.17) is 15.9 Å². The van der Waals surface area contributed by atoms with Crippen molar-refractivity contribution in [1.82, 2.24) is 0 Å². The number of nitrogen functional groups attached to an aromatic ring is 1. The van der Waals surface area contributed by atoms with Crippen LogP contribution in [0.4, 0.5) is 5.69 Å². The summed E-state index contributed by atoms with van der Waals surface area (Å²) in [5.41, 5.74) is 7.37. The summed E-state index contributed by atoms with van der Waals surface area (Å²) in [5.74, 6) is 0.0781. The fraction of sp³-hybridized carbons (Fsp3) is 0.462. The van der Waals surface area contributed by atoms with Gasteiger partial charge in [0.05, 0.1) is 6.61 Å². The van der Waals surface area contributed by atoms with Crippen molar-refractivity contribution in [1.29, 1.82) is 5.41 Å². The van der Waals surface area contributed by atoms with Gasteiger partial charge in [0.25, 0.3) is 0 Å². The van der Waals surface area contributed by atoms with Crippen molar-refractivity contribution in [3.8, 4) is 0 Å². The minimum absolute atomic E-state index is 0.0781. The molecule has 5 heteroatoms. The largest absolute Gasteiger partial charge is 0.384 e. The van der Waals surface area contributed by atoms with Crippen molar-refractivity contribution >= 4 is 27.5 Å². The maximum atomic E-state index is 7.68. The summed E-state index contributed by atoms with van der Waals surface area (Å²) >= 11 is 3.41. The number of halogens is 1. The molecule has 0 spiro atoms. The van der Waals surface area contributed by atoms with Gasteiger partial charge >= 0.3 is 0 Å². The van der Waals surface area contributed by atoms with Gasteiger partial charge in [0.1, 0.15) is 5.84 Å². The molecule has 1 aromatic rings. The molecule has 0 saturated heterocycles. The molecule has 0 bridgehead atoms. The highest BCUT2D eigenvalue weighted by Gasteiger charge is 2.16. The fourth-order valence-electron chi connectivity index (χ4n) is 1.82. The molecule has 4 nitrogen and oxygen atoms in total. The molecule has 1 aromatic carbocycles. The molecule has 0 atom stereocenters. The van der Waals surface area contributed by atoms with Crippen LogP contribution in [-0.4, -0.2) is 32.1 Å². The Balaban J connectivity index is 3.14. The van der Waals surface area contributed by atoms with Gasteiger partial charge in [-0.05, 0) is 32.0 Å². The van der Waals surface area contributed by atoms with Crippen LogP contribution in [-0.2, 0) is 4.74 Å². The minimum Gasteiger partial charge on any atom is -0.384 e. The Morgan fingerprint density at radius 2 is 2.17 bits per heavy atom. The van der Waals surface area contributed by atoms with Gasteiger partial charge in [0, 0.05) is 35.4 Å². The van der Waals surface area contributed by atoms with E-state index in [1.807, 2.05) is 18.2 Å². The second-order valence-electron chi connectivity index (χ2n) is 4.36. The number of amidine groups is 1. The molecule has 0 aliphatic heterocycles. The Labute approximate surface area is 117 Å². The molecule has 0 amide bonds. The molecule has 0 heterocycles. The third-order valence-electron chi connectivity index (χ3n) is 2.72. The van der Waals surface area contributed by atoms with Gasteiger partial charge in [-0.15, -0.1) is 0 Å². The molecule has 100 valence electrons. The highest BCUT2D eigenvalue weighted by molar-refractivity contribution is 9.10. The van der Waals surface area contributed by atoms with E-state index < -0.39 is 0 Å². The number of ether oxygens (including phenoxy) is 1. The monoisotopic (exact) mass is 313 g/mol. The Hall–Kier alpha value is -1.07. The van der Waals surface area contributed by atoms with E-state index in [0.29, 0.717) is 12.6 Å². The first-order chi connectivity index (χ1) is 8.47. The van der Waals surface area contributed by atoms with Crippen LogP contribution >= 0.6 is 15.9 Å². The highest BCUT2D eigenvalue weighted by Crippen LogP contribution is 2.25. The third kappa shape index (κ3) is 3.71. The highest BCUT2D eigenvalue weighted by atomic mass is 79.9. The quantitative estimate of drug-likeness (QED) is 0.627. The van der Waals surface area contributed by atoms with Crippen LogP contribution in [0.25, 0.3) is 0 Å². The molecular weight excluding hydrogens is 294 g/mol. The van der Waals surface area contributed by atoms with Crippen LogP contribution in [0.15, 0.2) is 22.7 Å². The molecule has 0 radical (unpaired) electrons. The van der Waals surface area contributed by atoms with Crippen LogP contribution in [0.1, 0.15) is 19.4 Å². The topological polar surface area (TPSA) is 62.3 Å². The second kappa shape index (κ2) is 6.75. The van der Waals surface area contributed by atoms with Crippen LogP contribution in [0, 0.1) is 5.41 Å². The molecule has 3 N–H and O–H groups in total. The second-order valence-corrected chi connectivity index (χ2v) is 5.27.